The van der Waals surface area contributed by atoms with Crippen molar-refractivity contribution >= 4 is 6.08 Å². The van der Waals surface area contributed by atoms with E-state index in [9.17, 15) is 0 Å². The summed E-state index contributed by atoms with van der Waals surface area (Å²) in [6, 6.07) is 9.59. The van der Waals surface area contributed by atoms with Gasteiger partial charge in [0.2, 0.25) is 0 Å². The highest BCUT2D eigenvalue weighted by Gasteiger charge is 2.09. The van der Waals surface area contributed by atoms with Crippen LogP contribution in [0.25, 0.3) is 0 Å². The molecular weight excluding hydrogens is 268 g/mol. The third-order valence-corrected chi connectivity index (χ3v) is 3.19. The van der Waals surface area contributed by atoms with Gasteiger partial charge in [-0.2, -0.15) is 0 Å². The smallest absolute Gasteiger partial charge is 0.389 e. The number of ether oxygens (including phenoxy) is 3. The molecule has 0 spiro atoms. The van der Waals surface area contributed by atoms with Crippen molar-refractivity contribution in [2.24, 2.45) is 4.99 Å². The Morgan fingerprint density at radius 1 is 1.24 bits per heavy atom. The van der Waals surface area contributed by atoms with Gasteiger partial charge in [-0.25, -0.2) is 4.99 Å². The maximum absolute atomic E-state index is 5.64. The van der Waals surface area contributed by atoms with E-state index in [0.717, 1.165) is 45.0 Å². The Bertz CT molecular complexity index is 417. The molecule has 1 aliphatic rings. The number of hydrogen-bond acceptors (Lipinski definition) is 5. The van der Waals surface area contributed by atoms with Gasteiger partial charge in [-0.15, -0.1) is 0 Å². The Kier molecular flexibility index (Phi) is 7.04. The Morgan fingerprint density at radius 2 is 2.00 bits per heavy atom. The van der Waals surface area contributed by atoms with E-state index in [1.807, 2.05) is 37.3 Å². The molecule has 1 fully saturated rings. The second-order valence-electron chi connectivity index (χ2n) is 4.80. The van der Waals surface area contributed by atoms with Crippen LogP contribution in [0.5, 0.6) is 5.75 Å². The van der Waals surface area contributed by atoms with E-state index in [-0.39, 0.29) is 0 Å². The van der Waals surface area contributed by atoms with Crippen LogP contribution in [0.2, 0.25) is 0 Å². The highest BCUT2D eigenvalue weighted by atomic mass is 16.7. The molecule has 0 N–H and O–H groups in total. The first-order valence-electron chi connectivity index (χ1n) is 7.58. The number of rotatable bonds is 6. The minimum absolute atomic E-state index is 0.352. The first-order chi connectivity index (χ1) is 10.4. The molecular formula is C16H24N2O3. The minimum atomic E-state index is 0.352. The zero-order valence-electron chi connectivity index (χ0n) is 12.7. The van der Waals surface area contributed by atoms with Crippen LogP contribution in [0.1, 0.15) is 13.3 Å². The van der Waals surface area contributed by atoms with Crippen molar-refractivity contribution in [3.63, 3.8) is 0 Å². The molecule has 0 amide bonds. The molecule has 1 aromatic rings. The standard InChI is InChI=1S/C16H24N2O3/c1-2-20-16(21-15-7-4-3-5-8-15)17-9-6-10-18-11-13-19-14-12-18/h3-5,7-8H,2,6,9-14H2,1H3. The van der Waals surface area contributed by atoms with Gasteiger partial charge in [0.1, 0.15) is 5.75 Å². The minimum Gasteiger partial charge on any atom is -0.451 e. The summed E-state index contributed by atoms with van der Waals surface area (Å²) < 4.78 is 16.4. The van der Waals surface area contributed by atoms with Crippen molar-refractivity contribution in [2.45, 2.75) is 13.3 Å². The normalized spacial score (nSPS) is 16.7. The summed E-state index contributed by atoms with van der Waals surface area (Å²) in [6.07, 6.45) is 1.35. The van der Waals surface area contributed by atoms with E-state index >= 15 is 0 Å². The fourth-order valence-electron chi connectivity index (χ4n) is 2.11. The van der Waals surface area contributed by atoms with Crippen LogP contribution >= 0.6 is 0 Å². The van der Waals surface area contributed by atoms with Crippen molar-refractivity contribution in [1.29, 1.82) is 0 Å². The lowest BCUT2D eigenvalue weighted by Crippen LogP contribution is -2.37. The van der Waals surface area contributed by atoms with Crippen molar-refractivity contribution in [3.8, 4) is 5.75 Å². The summed E-state index contributed by atoms with van der Waals surface area (Å²) in [7, 11) is 0. The molecule has 1 heterocycles. The number of hydrogen-bond donors (Lipinski definition) is 0. The van der Waals surface area contributed by atoms with Crippen LogP contribution in [0.4, 0.5) is 0 Å². The largest absolute Gasteiger partial charge is 0.451 e. The van der Waals surface area contributed by atoms with Crippen molar-refractivity contribution in [1.82, 2.24) is 4.90 Å². The molecule has 1 aromatic carbocycles. The second-order valence-corrected chi connectivity index (χ2v) is 4.80. The fourth-order valence-corrected chi connectivity index (χ4v) is 2.11. The molecule has 0 atom stereocenters. The predicted octanol–water partition coefficient (Wildman–Crippen LogP) is 2.18. The van der Waals surface area contributed by atoms with Gasteiger partial charge in [0.05, 0.1) is 19.8 Å². The molecule has 1 saturated heterocycles. The fraction of sp³-hybridized carbons (Fsp3) is 0.562. The van der Waals surface area contributed by atoms with E-state index in [0.29, 0.717) is 19.2 Å². The third kappa shape index (κ3) is 6.14. The molecule has 1 aliphatic heterocycles. The van der Waals surface area contributed by atoms with Crippen LogP contribution in [0, 0.1) is 0 Å². The van der Waals surface area contributed by atoms with E-state index < -0.39 is 0 Å². The molecule has 0 unspecified atom stereocenters. The Morgan fingerprint density at radius 3 is 2.71 bits per heavy atom. The topological polar surface area (TPSA) is 43.3 Å². The molecule has 0 radical (unpaired) electrons. The molecule has 0 aliphatic carbocycles. The molecule has 2 rings (SSSR count). The van der Waals surface area contributed by atoms with Crippen molar-refractivity contribution < 1.29 is 14.2 Å². The van der Waals surface area contributed by atoms with Gasteiger partial charge in [-0.05, 0) is 25.5 Å². The van der Waals surface area contributed by atoms with Crippen LogP contribution in [0.15, 0.2) is 35.3 Å². The zero-order valence-corrected chi connectivity index (χ0v) is 12.7. The summed E-state index contributed by atoms with van der Waals surface area (Å²) in [5.74, 6) is 0.748. The highest BCUT2D eigenvalue weighted by Crippen LogP contribution is 2.09. The first-order valence-corrected chi connectivity index (χ1v) is 7.58. The van der Waals surface area contributed by atoms with Crippen LogP contribution in [0.3, 0.4) is 0 Å². The van der Waals surface area contributed by atoms with Crippen LogP contribution in [-0.2, 0) is 9.47 Å². The average Bonchev–Trinajstić information content (AvgIpc) is 2.54. The SMILES string of the molecule is CCOC(=NCCCN1CCOCC1)Oc1ccccc1. The number of aliphatic imine (C=N–C) groups is 1. The van der Waals surface area contributed by atoms with Gasteiger partial charge < -0.3 is 14.2 Å². The molecule has 0 saturated carbocycles. The number of nitrogens with zero attached hydrogens (tertiary/aromatic N) is 2. The maximum atomic E-state index is 5.64. The lowest BCUT2D eigenvalue weighted by molar-refractivity contribution is 0.0377. The van der Waals surface area contributed by atoms with Crippen LogP contribution < -0.4 is 4.74 Å². The molecule has 5 heteroatoms. The van der Waals surface area contributed by atoms with E-state index in [1.54, 1.807) is 0 Å². The quantitative estimate of drug-likeness (QED) is 0.458. The second kappa shape index (κ2) is 9.37. The summed E-state index contributed by atoms with van der Waals surface area (Å²) in [5.41, 5.74) is 0. The van der Waals surface area contributed by atoms with Gasteiger partial charge >= 0.3 is 6.08 Å². The lowest BCUT2D eigenvalue weighted by atomic mass is 10.3. The van der Waals surface area contributed by atoms with Gasteiger partial charge in [0, 0.05) is 26.2 Å². The molecule has 21 heavy (non-hydrogen) atoms. The number of morpholine rings is 1. The third-order valence-electron chi connectivity index (χ3n) is 3.19. The number of para-hydroxylation sites is 1. The monoisotopic (exact) mass is 292 g/mol. The zero-order chi connectivity index (χ0) is 14.8. The van der Waals surface area contributed by atoms with Crippen molar-refractivity contribution in [2.75, 3.05) is 46.0 Å². The van der Waals surface area contributed by atoms with E-state index in [1.165, 1.54) is 0 Å². The van der Waals surface area contributed by atoms with Gasteiger partial charge in [0.25, 0.3) is 0 Å². The Labute approximate surface area is 126 Å². The van der Waals surface area contributed by atoms with E-state index in [2.05, 4.69) is 9.89 Å². The lowest BCUT2D eigenvalue weighted by Gasteiger charge is -2.26. The molecule has 5 nitrogen and oxygen atoms in total. The maximum Gasteiger partial charge on any atom is 0.389 e. The molecule has 0 bridgehead atoms. The summed E-state index contributed by atoms with van der Waals surface area (Å²) in [5, 5.41) is 0. The molecule has 0 aromatic heterocycles. The van der Waals surface area contributed by atoms with Crippen molar-refractivity contribution in [3.05, 3.63) is 30.3 Å². The summed E-state index contributed by atoms with van der Waals surface area (Å²) in [4.78, 5) is 6.81. The summed E-state index contributed by atoms with van der Waals surface area (Å²) in [6.45, 7) is 7.93. The Balaban J connectivity index is 1.74. The predicted molar refractivity (Wildman–Crippen MR) is 82.9 cm³/mol. The highest BCUT2D eigenvalue weighted by molar-refractivity contribution is 5.69. The number of benzene rings is 1. The van der Waals surface area contributed by atoms with Gasteiger partial charge in [0.15, 0.2) is 0 Å². The van der Waals surface area contributed by atoms with Crippen LogP contribution in [-0.4, -0.2) is 57.0 Å². The average molecular weight is 292 g/mol. The van der Waals surface area contributed by atoms with E-state index in [4.69, 9.17) is 14.2 Å². The Hall–Kier alpha value is -1.59. The van der Waals surface area contributed by atoms with Gasteiger partial charge in [-0.1, -0.05) is 18.2 Å². The summed E-state index contributed by atoms with van der Waals surface area (Å²) >= 11 is 0. The first kappa shape index (κ1) is 15.8. The van der Waals surface area contributed by atoms with Gasteiger partial charge in [-0.3, -0.25) is 4.90 Å². The molecule has 116 valence electrons.